The van der Waals surface area contributed by atoms with E-state index in [0.29, 0.717) is 6.42 Å². The fourth-order valence-electron chi connectivity index (χ4n) is 4.34. The van der Waals surface area contributed by atoms with E-state index in [1.54, 1.807) is 0 Å². The Labute approximate surface area is 136 Å². The molecule has 1 fully saturated rings. The van der Waals surface area contributed by atoms with Gasteiger partial charge in [0, 0.05) is 5.92 Å². The van der Waals surface area contributed by atoms with Gasteiger partial charge in [-0.3, -0.25) is 9.59 Å². The van der Waals surface area contributed by atoms with E-state index in [1.165, 1.54) is 19.8 Å². The Morgan fingerprint density at radius 2 is 1.74 bits per heavy atom. The lowest BCUT2D eigenvalue weighted by Gasteiger charge is -2.33. The van der Waals surface area contributed by atoms with Crippen molar-refractivity contribution in [2.75, 3.05) is 14.2 Å². The number of rotatable bonds is 3. The van der Waals surface area contributed by atoms with E-state index in [1.807, 2.05) is 30.3 Å². The fraction of sp³-hybridized carbons (Fsp3) is 0.474. The third-order valence-electron chi connectivity index (χ3n) is 5.28. The van der Waals surface area contributed by atoms with Crippen LogP contribution in [0.1, 0.15) is 37.2 Å². The molecule has 1 saturated carbocycles. The first-order chi connectivity index (χ1) is 11.1. The molecule has 0 aromatic heterocycles. The molecule has 122 valence electrons. The third-order valence-corrected chi connectivity index (χ3v) is 5.28. The molecule has 23 heavy (non-hydrogen) atoms. The van der Waals surface area contributed by atoms with Crippen molar-refractivity contribution in [3.63, 3.8) is 0 Å². The number of hydrogen-bond donors (Lipinski definition) is 0. The monoisotopic (exact) mass is 314 g/mol. The van der Waals surface area contributed by atoms with Gasteiger partial charge in [-0.1, -0.05) is 42.0 Å². The molecule has 0 spiro atoms. The zero-order valence-corrected chi connectivity index (χ0v) is 13.6. The highest BCUT2D eigenvalue weighted by molar-refractivity contribution is 6.02. The van der Waals surface area contributed by atoms with E-state index >= 15 is 0 Å². The normalized spacial score (nSPS) is 25.2. The van der Waals surface area contributed by atoms with Gasteiger partial charge in [-0.25, -0.2) is 0 Å². The van der Waals surface area contributed by atoms with Crippen molar-refractivity contribution in [1.82, 2.24) is 0 Å². The summed E-state index contributed by atoms with van der Waals surface area (Å²) in [4.78, 5) is 25.4. The molecule has 2 aliphatic carbocycles. The highest BCUT2D eigenvalue weighted by atomic mass is 16.5. The number of hydrogen-bond acceptors (Lipinski definition) is 4. The minimum absolute atomic E-state index is 0.198. The van der Waals surface area contributed by atoms with Crippen molar-refractivity contribution in [3.8, 4) is 0 Å². The van der Waals surface area contributed by atoms with Crippen LogP contribution in [0.3, 0.4) is 0 Å². The van der Waals surface area contributed by atoms with Gasteiger partial charge in [-0.15, -0.1) is 0 Å². The molecule has 0 saturated heterocycles. The van der Waals surface area contributed by atoms with Crippen LogP contribution in [0, 0.1) is 11.3 Å². The molecule has 0 heterocycles. The molecular weight excluding hydrogens is 292 g/mol. The maximum absolute atomic E-state index is 12.7. The predicted octanol–water partition coefficient (Wildman–Crippen LogP) is 3.23. The lowest BCUT2D eigenvalue weighted by atomic mass is 9.70. The molecule has 0 unspecified atom stereocenters. The average molecular weight is 314 g/mol. The van der Waals surface area contributed by atoms with Gasteiger partial charge in [-0.05, 0) is 37.2 Å². The fourth-order valence-corrected chi connectivity index (χ4v) is 4.34. The topological polar surface area (TPSA) is 52.6 Å². The standard InChI is InChI=1S/C19H22O4/c1-22-17(20)19(18(21)23-2)12-14-10-6-7-11-15(14)16(19)13-8-4-3-5-9-13/h3-5,8-10,15-16H,6-7,11-12H2,1-2H3/t15-,16-/m0/s1. The summed E-state index contributed by atoms with van der Waals surface area (Å²) in [7, 11) is 2.68. The average Bonchev–Trinajstić information content (AvgIpc) is 2.97. The van der Waals surface area contributed by atoms with Gasteiger partial charge in [-0.2, -0.15) is 0 Å². The zero-order chi connectivity index (χ0) is 16.4. The Hall–Kier alpha value is -2.10. The molecule has 2 aliphatic rings. The number of esters is 2. The van der Waals surface area contributed by atoms with Crippen LogP contribution in [0.25, 0.3) is 0 Å². The molecular formula is C19H22O4. The number of allylic oxidation sites excluding steroid dienone is 2. The molecule has 1 aromatic rings. The van der Waals surface area contributed by atoms with Crippen molar-refractivity contribution < 1.29 is 19.1 Å². The summed E-state index contributed by atoms with van der Waals surface area (Å²) >= 11 is 0. The SMILES string of the molecule is COC(=O)C1(C(=O)OC)CC2=CCCC[C@@H]2[C@@H]1c1ccccc1. The van der Waals surface area contributed by atoms with Crippen LogP contribution in [-0.2, 0) is 19.1 Å². The van der Waals surface area contributed by atoms with Crippen LogP contribution in [0.5, 0.6) is 0 Å². The summed E-state index contributed by atoms with van der Waals surface area (Å²) in [6.45, 7) is 0. The largest absolute Gasteiger partial charge is 0.468 e. The summed E-state index contributed by atoms with van der Waals surface area (Å²) in [6, 6.07) is 9.80. The van der Waals surface area contributed by atoms with E-state index in [4.69, 9.17) is 9.47 Å². The maximum Gasteiger partial charge on any atom is 0.324 e. The van der Waals surface area contributed by atoms with Gasteiger partial charge >= 0.3 is 11.9 Å². The number of methoxy groups -OCH3 is 2. The van der Waals surface area contributed by atoms with Gasteiger partial charge in [0.15, 0.2) is 5.41 Å². The number of carbonyl (C=O) groups excluding carboxylic acids is 2. The Kier molecular flexibility index (Phi) is 4.24. The number of ether oxygens (including phenoxy) is 2. The first kappa shape index (κ1) is 15.8. The van der Waals surface area contributed by atoms with E-state index in [2.05, 4.69) is 6.08 Å². The summed E-state index contributed by atoms with van der Waals surface area (Å²) in [6.07, 6.45) is 5.66. The van der Waals surface area contributed by atoms with E-state index < -0.39 is 17.4 Å². The molecule has 0 N–H and O–H groups in total. The van der Waals surface area contributed by atoms with Crippen molar-refractivity contribution in [3.05, 3.63) is 47.5 Å². The summed E-state index contributed by atoms with van der Waals surface area (Å²) in [5.41, 5.74) is 0.922. The smallest absolute Gasteiger partial charge is 0.324 e. The minimum atomic E-state index is -1.27. The Balaban J connectivity index is 2.18. The number of fused-ring (bicyclic) bond motifs is 1. The summed E-state index contributed by atoms with van der Waals surface area (Å²) < 4.78 is 10.1. The predicted molar refractivity (Wildman–Crippen MR) is 85.7 cm³/mol. The second kappa shape index (κ2) is 6.19. The molecule has 0 radical (unpaired) electrons. The lowest BCUT2D eigenvalue weighted by Crippen LogP contribution is -2.44. The van der Waals surface area contributed by atoms with Crippen LogP contribution < -0.4 is 0 Å². The molecule has 1 aromatic carbocycles. The zero-order valence-electron chi connectivity index (χ0n) is 13.6. The molecule has 2 atom stereocenters. The maximum atomic E-state index is 12.7. The van der Waals surface area contributed by atoms with E-state index in [9.17, 15) is 9.59 Å². The van der Waals surface area contributed by atoms with Crippen LogP contribution in [0.4, 0.5) is 0 Å². The molecule has 0 amide bonds. The quantitative estimate of drug-likeness (QED) is 0.488. The van der Waals surface area contributed by atoms with Crippen LogP contribution in [0.2, 0.25) is 0 Å². The Bertz CT molecular complexity index is 616. The van der Waals surface area contributed by atoms with Gasteiger partial charge in [0.05, 0.1) is 14.2 Å². The first-order valence-electron chi connectivity index (χ1n) is 8.06. The van der Waals surface area contributed by atoms with Crippen molar-refractivity contribution >= 4 is 11.9 Å². The molecule has 4 heteroatoms. The highest BCUT2D eigenvalue weighted by Gasteiger charge is 2.62. The summed E-state index contributed by atoms with van der Waals surface area (Å²) in [5, 5.41) is 0. The van der Waals surface area contributed by atoms with Gasteiger partial charge in [0.1, 0.15) is 0 Å². The number of benzene rings is 1. The highest BCUT2D eigenvalue weighted by Crippen LogP contribution is 2.59. The van der Waals surface area contributed by atoms with Crippen molar-refractivity contribution in [1.29, 1.82) is 0 Å². The third kappa shape index (κ3) is 2.37. The van der Waals surface area contributed by atoms with Crippen LogP contribution >= 0.6 is 0 Å². The molecule has 4 nitrogen and oxygen atoms in total. The second-order valence-electron chi connectivity index (χ2n) is 6.34. The molecule has 3 rings (SSSR count). The first-order valence-corrected chi connectivity index (χ1v) is 8.06. The van der Waals surface area contributed by atoms with Gasteiger partial charge in [0.25, 0.3) is 0 Å². The van der Waals surface area contributed by atoms with Crippen molar-refractivity contribution in [2.45, 2.75) is 31.6 Å². The molecule has 0 bridgehead atoms. The van der Waals surface area contributed by atoms with E-state index in [-0.39, 0.29) is 11.8 Å². The summed E-state index contributed by atoms with van der Waals surface area (Å²) in [5.74, 6) is -1.01. The van der Waals surface area contributed by atoms with Crippen LogP contribution in [0.15, 0.2) is 42.0 Å². The van der Waals surface area contributed by atoms with Crippen molar-refractivity contribution in [2.24, 2.45) is 11.3 Å². The van der Waals surface area contributed by atoms with Gasteiger partial charge < -0.3 is 9.47 Å². The molecule has 0 aliphatic heterocycles. The van der Waals surface area contributed by atoms with E-state index in [0.717, 1.165) is 24.8 Å². The Morgan fingerprint density at radius 1 is 1.09 bits per heavy atom. The van der Waals surface area contributed by atoms with Gasteiger partial charge in [0.2, 0.25) is 0 Å². The Morgan fingerprint density at radius 3 is 2.35 bits per heavy atom. The second-order valence-corrected chi connectivity index (χ2v) is 6.34. The minimum Gasteiger partial charge on any atom is -0.468 e. The number of carbonyl (C=O) groups is 2. The van der Waals surface area contributed by atoms with Crippen LogP contribution in [-0.4, -0.2) is 26.2 Å². The lowest BCUT2D eigenvalue weighted by molar-refractivity contribution is -0.170.